The molecule has 0 fully saturated rings. The number of rotatable bonds is 6. The summed E-state index contributed by atoms with van der Waals surface area (Å²) >= 11 is 5.94. The third-order valence-corrected chi connectivity index (χ3v) is 3.97. The van der Waals surface area contributed by atoms with Crippen molar-refractivity contribution >= 4 is 28.9 Å². The van der Waals surface area contributed by atoms with Gasteiger partial charge < -0.3 is 10.1 Å². The van der Waals surface area contributed by atoms with Crippen LogP contribution in [-0.4, -0.2) is 32.2 Å². The number of hydrogen-bond acceptors (Lipinski definition) is 6. The van der Waals surface area contributed by atoms with E-state index in [4.69, 9.17) is 16.3 Å². The summed E-state index contributed by atoms with van der Waals surface area (Å²) in [5, 5.41) is 17.4. The predicted molar refractivity (Wildman–Crippen MR) is 98.6 cm³/mol. The van der Waals surface area contributed by atoms with E-state index in [2.05, 4.69) is 15.4 Å². The maximum atomic E-state index is 13.2. The summed E-state index contributed by atoms with van der Waals surface area (Å²) in [4.78, 5) is 25.8. The van der Waals surface area contributed by atoms with Gasteiger partial charge in [-0.3, -0.25) is 14.9 Å². The maximum Gasteiger partial charge on any atom is 0.420 e. The van der Waals surface area contributed by atoms with Gasteiger partial charge in [0.05, 0.1) is 16.3 Å². The molecule has 1 heterocycles. The average molecular weight is 442 g/mol. The number of aromatic nitrogens is 3. The number of halogens is 4. The number of alkyl halides is 3. The van der Waals surface area contributed by atoms with Crippen molar-refractivity contribution in [3.8, 4) is 11.4 Å². The number of nitro benzene ring substituents is 1. The lowest BCUT2D eigenvalue weighted by Gasteiger charge is -2.15. The van der Waals surface area contributed by atoms with Crippen LogP contribution in [0.1, 0.15) is 5.56 Å². The minimum atomic E-state index is -4.91. The van der Waals surface area contributed by atoms with Crippen molar-refractivity contribution in [2.45, 2.75) is 6.18 Å². The van der Waals surface area contributed by atoms with E-state index in [0.717, 1.165) is 12.1 Å². The van der Waals surface area contributed by atoms with Crippen molar-refractivity contribution in [3.05, 3.63) is 69.8 Å². The van der Waals surface area contributed by atoms with Crippen LogP contribution in [0.5, 0.6) is 5.75 Å². The number of nitrogens with one attached hydrogen (secondary N) is 1. The summed E-state index contributed by atoms with van der Waals surface area (Å²) in [7, 11) is 0. The highest BCUT2D eigenvalue weighted by molar-refractivity contribution is 6.31. The van der Waals surface area contributed by atoms with Crippen LogP contribution in [0.3, 0.4) is 0 Å². The molecule has 0 radical (unpaired) electrons. The van der Waals surface area contributed by atoms with Crippen molar-refractivity contribution < 1.29 is 27.6 Å². The number of anilines is 1. The van der Waals surface area contributed by atoms with E-state index < -0.39 is 40.6 Å². The number of non-ortho nitro benzene ring substituents is 1. The van der Waals surface area contributed by atoms with Gasteiger partial charge in [-0.2, -0.15) is 18.3 Å². The summed E-state index contributed by atoms with van der Waals surface area (Å²) < 4.78 is 45.9. The van der Waals surface area contributed by atoms with Crippen LogP contribution in [0.25, 0.3) is 5.69 Å². The smallest absolute Gasteiger partial charge is 0.420 e. The molecule has 1 amide bonds. The van der Waals surface area contributed by atoms with Crippen molar-refractivity contribution in [2.75, 3.05) is 11.9 Å². The largest absolute Gasteiger partial charge is 0.483 e. The molecule has 13 heteroatoms. The number of nitro groups is 1. The molecule has 0 aliphatic heterocycles. The zero-order valence-corrected chi connectivity index (χ0v) is 15.5. The van der Waals surface area contributed by atoms with Crippen LogP contribution < -0.4 is 10.1 Å². The Balaban J connectivity index is 1.78. The van der Waals surface area contributed by atoms with Gasteiger partial charge in [-0.05, 0) is 24.3 Å². The molecule has 0 bridgehead atoms. The van der Waals surface area contributed by atoms with Gasteiger partial charge in [0, 0.05) is 17.2 Å². The molecule has 0 unspecified atom stereocenters. The molecule has 0 atom stereocenters. The standard InChI is InChI=1S/C17H11ClF3N5O4/c18-10-1-3-14(25-9-22-8-23-25)13(5-10)24-16(27)7-30-15-4-2-11(26(28)29)6-12(15)17(19,20)21/h1-6,8-9H,7H2,(H,24,27). The van der Waals surface area contributed by atoms with Gasteiger partial charge in [0.2, 0.25) is 0 Å². The molecule has 1 N–H and O–H groups in total. The zero-order chi connectivity index (χ0) is 21.9. The molecule has 3 rings (SSSR count). The van der Waals surface area contributed by atoms with Gasteiger partial charge in [-0.1, -0.05) is 11.6 Å². The van der Waals surface area contributed by atoms with E-state index >= 15 is 0 Å². The summed E-state index contributed by atoms with van der Waals surface area (Å²) in [6.45, 7) is -0.787. The SMILES string of the molecule is O=C(COc1ccc([N+](=O)[O-])cc1C(F)(F)F)Nc1cc(Cl)ccc1-n1cncn1. The van der Waals surface area contributed by atoms with E-state index in [1.807, 2.05) is 0 Å². The Bertz CT molecular complexity index is 1090. The predicted octanol–water partition coefficient (Wildman–Crippen LogP) is 3.87. The van der Waals surface area contributed by atoms with E-state index in [0.29, 0.717) is 16.8 Å². The number of hydrogen-bond donors (Lipinski definition) is 1. The van der Waals surface area contributed by atoms with Crippen LogP contribution in [0, 0.1) is 10.1 Å². The van der Waals surface area contributed by atoms with Gasteiger partial charge in [-0.25, -0.2) is 9.67 Å². The lowest BCUT2D eigenvalue weighted by molar-refractivity contribution is -0.385. The number of benzene rings is 2. The molecular weight excluding hydrogens is 431 g/mol. The Kier molecular flexibility index (Phi) is 5.87. The first-order valence-corrected chi connectivity index (χ1v) is 8.46. The topological polar surface area (TPSA) is 112 Å². The number of amides is 1. The molecule has 1 aromatic heterocycles. The summed E-state index contributed by atoms with van der Waals surface area (Å²) in [5.74, 6) is -1.50. The van der Waals surface area contributed by atoms with Crippen molar-refractivity contribution in [1.29, 1.82) is 0 Å². The third kappa shape index (κ3) is 4.84. The highest BCUT2D eigenvalue weighted by Crippen LogP contribution is 2.38. The Morgan fingerprint density at radius 2 is 2.03 bits per heavy atom. The molecule has 30 heavy (non-hydrogen) atoms. The normalized spacial score (nSPS) is 11.2. The summed E-state index contributed by atoms with van der Waals surface area (Å²) in [6, 6.07) is 6.51. The van der Waals surface area contributed by atoms with E-state index in [9.17, 15) is 28.1 Å². The quantitative estimate of drug-likeness (QED) is 0.459. The Labute approximate surface area is 171 Å². The van der Waals surface area contributed by atoms with Gasteiger partial charge in [0.1, 0.15) is 24.0 Å². The fourth-order valence-corrected chi connectivity index (χ4v) is 2.62. The third-order valence-electron chi connectivity index (χ3n) is 3.74. The van der Waals surface area contributed by atoms with Gasteiger partial charge in [-0.15, -0.1) is 0 Å². The molecule has 3 aromatic rings. The molecular formula is C17H11ClF3N5O4. The minimum absolute atomic E-state index is 0.223. The van der Waals surface area contributed by atoms with Gasteiger partial charge in [0.25, 0.3) is 11.6 Å². The molecule has 9 nitrogen and oxygen atoms in total. The fourth-order valence-electron chi connectivity index (χ4n) is 2.45. The summed E-state index contributed by atoms with van der Waals surface area (Å²) in [5.41, 5.74) is -1.48. The lowest BCUT2D eigenvalue weighted by atomic mass is 10.1. The van der Waals surface area contributed by atoms with Gasteiger partial charge >= 0.3 is 6.18 Å². The highest BCUT2D eigenvalue weighted by Gasteiger charge is 2.36. The van der Waals surface area contributed by atoms with Crippen molar-refractivity contribution in [1.82, 2.24) is 14.8 Å². The Morgan fingerprint density at radius 3 is 2.67 bits per heavy atom. The second-order valence-corrected chi connectivity index (χ2v) is 6.21. The molecule has 0 aliphatic rings. The summed E-state index contributed by atoms with van der Waals surface area (Å²) in [6.07, 6.45) is -2.26. The van der Waals surface area contributed by atoms with E-state index in [1.54, 1.807) is 12.1 Å². The molecule has 0 spiro atoms. The van der Waals surface area contributed by atoms with Crippen molar-refractivity contribution in [3.63, 3.8) is 0 Å². The Hall–Kier alpha value is -3.67. The number of ether oxygens (including phenoxy) is 1. The molecule has 0 saturated heterocycles. The second-order valence-electron chi connectivity index (χ2n) is 5.77. The first-order chi connectivity index (χ1) is 14.1. The van der Waals surface area contributed by atoms with E-state index in [-0.39, 0.29) is 5.69 Å². The van der Waals surface area contributed by atoms with Gasteiger partial charge in [0.15, 0.2) is 6.61 Å². The zero-order valence-electron chi connectivity index (χ0n) is 14.8. The molecule has 2 aromatic carbocycles. The molecule has 0 saturated carbocycles. The fraction of sp³-hybridized carbons (Fsp3) is 0.118. The maximum absolute atomic E-state index is 13.2. The second kappa shape index (κ2) is 8.37. The van der Waals surface area contributed by atoms with Crippen LogP contribution >= 0.6 is 11.6 Å². The Morgan fingerprint density at radius 1 is 1.27 bits per heavy atom. The molecule has 156 valence electrons. The van der Waals surface area contributed by atoms with E-state index in [1.165, 1.54) is 23.4 Å². The first kappa shape index (κ1) is 21.0. The lowest BCUT2D eigenvalue weighted by Crippen LogP contribution is -2.22. The van der Waals surface area contributed by atoms with Crippen LogP contribution in [0.4, 0.5) is 24.5 Å². The first-order valence-electron chi connectivity index (χ1n) is 8.08. The monoisotopic (exact) mass is 441 g/mol. The highest BCUT2D eigenvalue weighted by atomic mass is 35.5. The minimum Gasteiger partial charge on any atom is -0.483 e. The van der Waals surface area contributed by atoms with Crippen LogP contribution in [-0.2, 0) is 11.0 Å². The number of carbonyl (C=O) groups excluding carboxylic acids is 1. The van der Waals surface area contributed by atoms with Crippen LogP contribution in [0.2, 0.25) is 5.02 Å². The number of carbonyl (C=O) groups is 1. The molecule has 0 aliphatic carbocycles. The van der Waals surface area contributed by atoms with Crippen molar-refractivity contribution in [2.24, 2.45) is 0 Å². The van der Waals surface area contributed by atoms with Crippen LogP contribution in [0.15, 0.2) is 49.1 Å². The average Bonchev–Trinajstić information content (AvgIpc) is 3.20. The number of nitrogens with zero attached hydrogens (tertiary/aromatic N) is 4.